The fourth-order valence-corrected chi connectivity index (χ4v) is 10.1. The number of hydrogen-bond acceptors (Lipinski definition) is 6. The van der Waals surface area contributed by atoms with Crippen molar-refractivity contribution >= 4 is 29.6 Å². The van der Waals surface area contributed by atoms with Crippen LogP contribution in [0.25, 0.3) is 0 Å². The molecule has 2 saturated heterocycles. The van der Waals surface area contributed by atoms with Crippen LogP contribution in [0.3, 0.4) is 0 Å². The smallest absolute Gasteiger partial charge is 0.326 e. The molecular formula is C39H65N5O6. The van der Waals surface area contributed by atoms with Crippen LogP contribution >= 0.6 is 0 Å². The number of hydrogen-bond donors (Lipinski definition) is 4. The van der Waals surface area contributed by atoms with Crippen molar-refractivity contribution < 1.29 is 29.1 Å². The molecule has 2 heterocycles. The molecule has 0 aromatic heterocycles. The number of carboxylic acids is 1. The van der Waals surface area contributed by atoms with Crippen molar-refractivity contribution in [2.45, 2.75) is 151 Å². The number of carboxylic acid groups (broad SMARTS) is 1. The summed E-state index contributed by atoms with van der Waals surface area (Å²) in [5, 5.41) is 19.0. The largest absolute Gasteiger partial charge is 0.480 e. The lowest BCUT2D eigenvalue weighted by Crippen LogP contribution is -2.63. The molecule has 2 aliphatic heterocycles. The average molecular weight is 700 g/mol. The quantitative estimate of drug-likeness (QED) is 0.251. The van der Waals surface area contributed by atoms with Crippen LogP contribution in [0.4, 0.5) is 0 Å². The summed E-state index contributed by atoms with van der Waals surface area (Å²) in [6.45, 7) is 20.9. The van der Waals surface area contributed by atoms with Crippen LogP contribution in [0.15, 0.2) is 0 Å². The molecule has 282 valence electrons. The monoisotopic (exact) mass is 699 g/mol. The Bertz CT molecular complexity index is 1340. The van der Waals surface area contributed by atoms with E-state index in [1.54, 1.807) is 4.90 Å². The first-order valence-corrected chi connectivity index (χ1v) is 19.4. The number of carbonyl (C=O) groups excluding carboxylic acids is 4. The number of fused-ring (bicyclic) bond motifs is 1. The lowest BCUT2D eigenvalue weighted by Gasteiger charge is -2.39. The Kier molecular flexibility index (Phi) is 10.6. The summed E-state index contributed by atoms with van der Waals surface area (Å²) >= 11 is 0. The molecule has 11 nitrogen and oxygen atoms in total. The Hall–Kier alpha value is -2.69. The third-order valence-corrected chi connectivity index (χ3v) is 13.9. The second-order valence-electron chi connectivity index (χ2n) is 19.1. The molecule has 0 bridgehead atoms. The highest BCUT2D eigenvalue weighted by molar-refractivity contribution is 5.96. The van der Waals surface area contributed by atoms with Crippen molar-refractivity contribution in [3.63, 3.8) is 0 Å². The van der Waals surface area contributed by atoms with E-state index in [1.807, 2.05) is 41.5 Å². The molecule has 4 amide bonds. The minimum atomic E-state index is -1.05. The Morgan fingerprint density at radius 3 is 1.94 bits per heavy atom. The highest BCUT2D eigenvalue weighted by atomic mass is 16.4. The molecule has 4 N–H and O–H groups in total. The maximum atomic E-state index is 14.9. The standard InChI is InChI=1S/C39H65N5O6/c1-10-43-19-12-16-25(22-43)30(45)41-28(35(2,3)4)32(47)42-29(36(5,6)7)33(48)44-23-39(37(8,9)38(39)17-13-18-38)21-27(44)31(46)40-26(34(49)50)20-24-14-11-15-24/h24-29H,10-23H2,1-9H3,(H,40,46)(H,41,45)(H,42,47)(H,49,50)/t25-,26+,27-,28+,29-,39?/m0/s1. The van der Waals surface area contributed by atoms with Crippen LogP contribution in [0.2, 0.25) is 0 Å². The molecule has 6 atom stereocenters. The summed E-state index contributed by atoms with van der Waals surface area (Å²) in [5.74, 6) is -2.31. The van der Waals surface area contributed by atoms with Crippen LogP contribution in [0.5, 0.6) is 0 Å². The molecule has 2 spiro atoms. The minimum Gasteiger partial charge on any atom is -0.480 e. The molecule has 3 saturated carbocycles. The summed E-state index contributed by atoms with van der Waals surface area (Å²) in [6.07, 6.45) is 8.81. The van der Waals surface area contributed by atoms with Gasteiger partial charge in [-0.1, -0.05) is 88.0 Å². The van der Waals surface area contributed by atoms with Gasteiger partial charge in [0.05, 0.1) is 5.92 Å². The normalized spacial score (nSPS) is 29.3. The van der Waals surface area contributed by atoms with Crippen LogP contribution < -0.4 is 16.0 Å². The Morgan fingerprint density at radius 1 is 0.820 bits per heavy atom. The van der Waals surface area contributed by atoms with Gasteiger partial charge in [-0.15, -0.1) is 0 Å². The Morgan fingerprint density at radius 2 is 1.46 bits per heavy atom. The van der Waals surface area contributed by atoms with Crippen molar-refractivity contribution in [2.75, 3.05) is 26.2 Å². The average Bonchev–Trinajstić information content (AvgIpc) is 3.21. The van der Waals surface area contributed by atoms with E-state index in [-0.39, 0.29) is 39.9 Å². The molecule has 5 aliphatic rings. The van der Waals surface area contributed by atoms with E-state index >= 15 is 0 Å². The van der Waals surface area contributed by atoms with Crippen molar-refractivity contribution in [1.82, 2.24) is 25.8 Å². The third-order valence-electron chi connectivity index (χ3n) is 13.9. The van der Waals surface area contributed by atoms with Gasteiger partial charge in [0.1, 0.15) is 24.2 Å². The number of likely N-dealkylation sites (tertiary alicyclic amines) is 2. The number of carbonyl (C=O) groups is 5. The lowest BCUT2D eigenvalue weighted by molar-refractivity contribution is -0.147. The van der Waals surface area contributed by atoms with Gasteiger partial charge in [0.2, 0.25) is 23.6 Å². The number of rotatable bonds is 11. The van der Waals surface area contributed by atoms with E-state index in [1.165, 1.54) is 0 Å². The summed E-state index contributed by atoms with van der Waals surface area (Å²) in [5.41, 5.74) is -1.62. The topological polar surface area (TPSA) is 148 Å². The van der Waals surface area contributed by atoms with Crippen LogP contribution in [0.1, 0.15) is 127 Å². The van der Waals surface area contributed by atoms with E-state index in [2.05, 4.69) is 41.6 Å². The first-order valence-electron chi connectivity index (χ1n) is 19.4. The zero-order valence-electron chi connectivity index (χ0n) is 32.2. The molecule has 0 aromatic carbocycles. The lowest BCUT2D eigenvalue weighted by atomic mass is 9.73. The fourth-order valence-electron chi connectivity index (χ4n) is 10.1. The molecule has 0 aromatic rings. The Balaban J connectivity index is 1.39. The van der Waals surface area contributed by atoms with Crippen molar-refractivity contribution in [3.8, 4) is 0 Å². The molecule has 50 heavy (non-hydrogen) atoms. The van der Waals surface area contributed by atoms with Crippen LogP contribution in [-0.2, 0) is 24.0 Å². The summed E-state index contributed by atoms with van der Waals surface area (Å²) in [6, 6.07) is -3.69. The van der Waals surface area contributed by atoms with Gasteiger partial charge in [0.25, 0.3) is 0 Å². The molecule has 1 unspecified atom stereocenters. The van der Waals surface area contributed by atoms with Gasteiger partial charge in [-0.25, -0.2) is 4.79 Å². The third kappa shape index (κ3) is 6.81. The minimum absolute atomic E-state index is 0.0558. The Labute approximate surface area is 299 Å². The van der Waals surface area contributed by atoms with Gasteiger partial charge < -0.3 is 30.9 Å². The number of nitrogens with one attached hydrogen (secondary N) is 3. The number of piperidine rings is 1. The molecule has 5 rings (SSSR count). The summed E-state index contributed by atoms with van der Waals surface area (Å²) < 4.78 is 0. The van der Waals surface area contributed by atoms with Crippen molar-refractivity contribution in [1.29, 1.82) is 0 Å². The number of aliphatic carboxylic acids is 1. The van der Waals surface area contributed by atoms with Gasteiger partial charge in [-0.3, -0.25) is 19.2 Å². The van der Waals surface area contributed by atoms with E-state index in [4.69, 9.17) is 0 Å². The predicted molar refractivity (Wildman–Crippen MR) is 192 cm³/mol. The van der Waals surface area contributed by atoms with Gasteiger partial charge in [-0.05, 0) is 79.2 Å². The molecule has 3 aliphatic carbocycles. The zero-order valence-corrected chi connectivity index (χ0v) is 32.2. The maximum absolute atomic E-state index is 14.9. The SMILES string of the molecule is CCN1CCC[C@H](C(=O)N[C@H](C(=O)N[C@@H](C(=O)N2CC3(C[C@H]2C(=O)N[C@H](CC2CCC2)C(=O)O)C(C)(C)C32CCC2)C(C)(C)C)C(C)(C)C)C1. The first kappa shape index (κ1) is 38.5. The van der Waals surface area contributed by atoms with E-state index in [0.717, 1.165) is 64.5 Å². The van der Waals surface area contributed by atoms with Gasteiger partial charge in [0.15, 0.2) is 0 Å². The van der Waals surface area contributed by atoms with E-state index < -0.39 is 52.8 Å². The second kappa shape index (κ2) is 13.7. The molecular weight excluding hydrogens is 634 g/mol. The molecule has 5 fully saturated rings. The van der Waals surface area contributed by atoms with Crippen LogP contribution in [-0.4, -0.2) is 94.9 Å². The molecule has 0 radical (unpaired) electrons. The highest BCUT2D eigenvalue weighted by Crippen LogP contribution is 2.88. The van der Waals surface area contributed by atoms with E-state index in [9.17, 15) is 29.1 Å². The first-order chi connectivity index (χ1) is 23.2. The summed E-state index contributed by atoms with van der Waals surface area (Å²) in [4.78, 5) is 73.0. The number of amides is 4. The van der Waals surface area contributed by atoms with E-state index in [0.29, 0.717) is 25.9 Å². The van der Waals surface area contributed by atoms with Crippen LogP contribution in [0, 0.1) is 38.9 Å². The summed E-state index contributed by atoms with van der Waals surface area (Å²) in [7, 11) is 0. The molecule has 11 heteroatoms. The zero-order chi connectivity index (χ0) is 37.0. The highest BCUT2D eigenvalue weighted by Gasteiger charge is 2.85. The van der Waals surface area contributed by atoms with Gasteiger partial charge in [0, 0.05) is 18.5 Å². The van der Waals surface area contributed by atoms with Crippen molar-refractivity contribution in [2.24, 2.45) is 38.9 Å². The maximum Gasteiger partial charge on any atom is 0.326 e. The predicted octanol–water partition coefficient (Wildman–Crippen LogP) is 4.34. The van der Waals surface area contributed by atoms with Crippen molar-refractivity contribution in [3.05, 3.63) is 0 Å². The fraction of sp³-hybridized carbons (Fsp3) is 0.872. The van der Waals surface area contributed by atoms with Gasteiger partial charge >= 0.3 is 5.97 Å². The number of nitrogens with zero attached hydrogens (tertiary/aromatic N) is 2. The second-order valence-corrected chi connectivity index (χ2v) is 19.1. The van der Waals surface area contributed by atoms with Gasteiger partial charge in [-0.2, -0.15) is 0 Å².